The summed E-state index contributed by atoms with van der Waals surface area (Å²) < 4.78 is 2.29. The molecule has 0 bridgehead atoms. The van der Waals surface area contributed by atoms with Crippen LogP contribution in [-0.2, 0) is 0 Å². The zero-order valence-corrected chi connectivity index (χ0v) is 12.9. The van der Waals surface area contributed by atoms with Gasteiger partial charge >= 0.3 is 0 Å². The summed E-state index contributed by atoms with van der Waals surface area (Å²) in [6.45, 7) is 7.91. The molecule has 4 nitrogen and oxygen atoms in total. The van der Waals surface area contributed by atoms with Crippen molar-refractivity contribution < 1.29 is 0 Å². The van der Waals surface area contributed by atoms with E-state index in [1.54, 1.807) is 0 Å². The fourth-order valence-corrected chi connectivity index (χ4v) is 3.68. The third-order valence-corrected chi connectivity index (χ3v) is 5.00. The third-order valence-electron chi connectivity index (χ3n) is 5.00. The SMILES string of the molecule is CCCCC(CC)c1cc2n(n1)C1CCNCC1CN2. The second kappa shape index (κ2) is 6.17. The fraction of sp³-hybridized carbons (Fsp3) is 0.812. The van der Waals surface area contributed by atoms with Crippen molar-refractivity contribution >= 4 is 5.82 Å². The minimum Gasteiger partial charge on any atom is -0.370 e. The maximum absolute atomic E-state index is 4.99. The molecule has 3 heterocycles. The molecular weight excluding hydrogens is 248 g/mol. The van der Waals surface area contributed by atoms with Crippen molar-refractivity contribution in [2.75, 3.05) is 25.0 Å². The van der Waals surface area contributed by atoms with Gasteiger partial charge in [-0.25, -0.2) is 4.68 Å². The summed E-state index contributed by atoms with van der Waals surface area (Å²) in [4.78, 5) is 0. The summed E-state index contributed by atoms with van der Waals surface area (Å²) in [6, 6.07) is 2.91. The summed E-state index contributed by atoms with van der Waals surface area (Å²) in [5.41, 5.74) is 1.31. The first-order valence-corrected chi connectivity index (χ1v) is 8.37. The lowest BCUT2D eigenvalue weighted by atomic mass is 9.92. The van der Waals surface area contributed by atoms with Crippen LogP contribution in [0.2, 0.25) is 0 Å². The Morgan fingerprint density at radius 3 is 3.10 bits per heavy atom. The lowest BCUT2D eigenvalue weighted by Crippen LogP contribution is -2.44. The van der Waals surface area contributed by atoms with Gasteiger partial charge in [0, 0.05) is 31.0 Å². The van der Waals surface area contributed by atoms with Crippen molar-refractivity contribution in [3.05, 3.63) is 11.8 Å². The molecule has 0 aliphatic carbocycles. The molecule has 0 radical (unpaired) electrons. The average molecular weight is 276 g/mol. The zero-order valence-electron chi connectivity index (χ0n) is 12.9. The number of piperidine rings is 1. The second-order valence-corrected chi connectivity index (χ2v) is 6.35. The van der Waals surface area contributed by atoms with E-state index in [1.807, 2.05) is 0 Å². The number of aromatic nitrogens is 2. The van der Waals surface area contributed by atoms with Gasteiger partial charge < -0.3 is 10.6 Å². The van der Waals surface area contributed by atoms with Gasteiger partial charge in [0.1, 0.15) is 5.82 Å². The van der Waals surface area contributed by atoms with Crippen LogP contribution in [0.4, 0.5) is 5.82 Å². The van der Waals surface area contributed by atoms with E-state index in [0.29, 0.717) is 17.9 Å². The average Bonchev–Trinajstić information content (AvgIpc) is 2.92. The van der Waals surface area contributed by atoms with Crippen LogP contribution in [0, 0.1) is 5.92 Å². The van der Waals surface area contributed by atoms with Gasteiger partial charge in [0.2, 0.25) is 0 Å². The van der Waals surface area contributed by atoms with Gasteiger partial charge in [-0.3, -0.25) is 0 Å². The Labute approximate surface area is 122 Å². The molecule has 3 unspecified atom stereocenters. The van der Waals surface area contributed by atoms with Crippen LogP contribution in [0.5, 0.6) is 0 Å². The summed E-state index contributed by atoms with van der Waals surface area (Å²) in [5, 5.41) is 12.1. The molecule has 1 aromatic rings. The van der Waals surface area contributed by atoms with Crippen molar-refractivity contribution in [1.29, 1.82) is 0 Å². The predicted octanol–water partition coefficient (Wildman–Crippen LogP) is 3.14. The highest BCUT2D eigenvalue weighted by Crippen LogP contribution is 2.35. The minimum atomic E-state index is 0.602. The van der Waals surface area contributed by atoms with Crippen molar-refractivity contribution in [3.8, 4) is 0 Å². The van der Waals surface area contributed by atoms with Gasteiger partial charge in [0.15, 0.2) is 0 Å². The maximum atomic E-state index is 4.99. The first-order chi connectivity index (χ1) is 9.83. The number of fused-ring (bicyclic) bond motifs is 3. The van der Waals surface area contributed by atoms with E-state index in [4.69, 9.17) is 5.10 Å². The summed E-state index contributed by atoms with van der Waals surface area (Å²) in [7, 11) is 0. The normalized spacial score (nSPS) is 26.5. The number of rotatable bonds is 5. The first-order valence-electron chi connectivity index (χ1n) is 8.37. The molecule has 0 saturated carbocycles. The van der Waals surface area contributed by atoms with Crippen LogP contribution in [-0.4, -0.2) is 29.4 Å². The Balaban J connectivity index is 1.80. The molecule has 3 atom stereocenters. The summed E-state index contributed by atoms with van der Waals surface area (Å²) in [5.74, 6) is 2.58. The highest BCUT2D eigenvalue weighted by molar-refractivity contribution is 5.41. The molecule has 0 aromatic carbocycles. The Kier molecular flexibility index (Phi) is 4.29. The molecule has 2 aliphatic heterocycles. The number of nitrogens with zero attached hydrogens (tertiary/aromatic N) is 2. The number of unbranched alkanes of at least 4 members (excludes halogenated alkanes) is 1. The summed E-state index contributed by atoms with van der Waals surface area (Å²) in [6.07, 6.45) is 6.28. The largest absolute Gasteiger partial charge is 0.370 e. The van der Waals surface area contributed by atoms with Crippen LogP contribution >= 0.6 is 0 Å². The van der Waals surface area contributed by atoms with Gasteiger partial charge in [-0.2, -0.15) is 5.10 Å². The first kappa shape index (κ1) is 13.9. The highest BCUT2D eigenvalue weighted by atomic mass is 15.4. The van der Waals surface area contributed by atoms with E-state index in [2.05, 4.69) is 35.2 Å². The lowest BCUT2D eigenvalue weighted by Gasteiger charge is -2.37. The maximum Gasteiger partial charge on any atom is 0.124 e. The van der Waals surface area contributed by atoms with Crippen molar-refractivity contribution in [2.24, 2.45) is 5.92 Å². The standard InChI is InChI=1S/C16H28N4/c1-3-5-6-12(4-2)14-9-16-18-11-13-10-17-8-7-15(13)20(16)19-14/h9,12-13,15,17-18H,3-8,10-11H2,1-2H3. The quantitative estimate of drug-likeness (QED) is 0.868. The molecule has 0 amide bonds. The van der Waals surface area contributed by atoms with Crippen molar-refractivity contribution in [2.45, 2.75) is 57.9 Å². The molecule has 4 heteroatoms. The van der Waals surface area contributed by atoms with E-state index < -0.39 is 0 Å². The van der Waals surface area contributed by atoms with Crippen molar-refractivity contribution in [1.82, 2.24) is 15.1 Å². The van der Waals surface area contributed by atoms with E-state index in [1.165, 1.54) is 43.6 Å². The molecule has 112 valence electrons. The van der Waals surface area contributed by atoms with Crippen molar-refractivity contribution in [3.63, 3.8) is 0 Å². The van der Waals surface area contributed by atoms with E-state index >= 15 is 0 Å². The fourth-order valence-electron chi connectivity index (χ4n) is 3.68. The number of anilines is 1. The number of hydrogen-bond donors (Lipinski definition) is 2. The molecule has 20 heavy (non-hydrogen) atoms. The van der Waals surface area contributed by atoms with E-state index in [9.17, 15) is 0 Å². The minimum absolute atomic E-state index is 0.602. The lowest BCUT2D eigenvalue weighted by molar-refractivity contribution is 0.236. The van der Waals surface area contributed by atoms with E-state index in [-0.39, 0.29) is 0 Å². The molecule has 2 aliphatic rings. The van der Waals surface area contributed by atoms with E-state index in [0.717, 1.165) is 19.6 Å². The van der Waals surface area contributed by atoms with Gasteiger partial charge in [0.05, 0.1) is 11.7 Å². The van der Waals surface area contributed by atoms with Crippen LogP contribution < -0.4 is 10.6 Å². The van der Waals surface area contributed by atoms with Crippen LogP contribution in [0.3, 0.4) is 0 Å². The van der Waals surface area contributed by atoms with Crippen LogP contribution in [0.1, 0.15) is 63.6 Å². The van der Waals surface area contributed by atoms with Crippen LogP contribution in [0.25, 0.3) is 0 Å². The Morgan fingerprint density at radius 2 is 2.30 bits per heavy atom. The smallest absolute Gasteiger partial charge is 0.124 e. The van der Waals surface area contributed by atoms with Gasteiger partial charge in [-0.05, 0) is 25.8 Å². The number of nitrogens with one attached hydrogen (secondary N) is 2. The molecule has 1 aromatic heterocycles. The molecular formula is C16H28N4. The Hall–Kier alpha value is -1.03. The van der Waals surface area contributed by atoms with Gasteiger partial charge in [-0.1, -0.05) is 26.7 Å². The Morgan fingerprint density at radius 1 is 1.40 bits per heavy atom. The number of hydrogen-bond acceptors (Lipinski definition) is 3. The predicted molar refractivity (Wildman–Crippen MR) is 83.3 cm³/mol. The third kappa shape index (κ3) is 2.58. The Bertz CT molecular complexity index is 440. The molecule has 3 rings (SSSR count). The monoisotopic (exact) mass is 276 g/mol. The van der Waals surface area contributed by atoms with Gasteiger partial charge in [0.25, 0.3) is 0 Å². The second-order valence-electron chi connectivity index (χ2n) is 6.35. The molecule has 0 spiro atoms. The van der Waals surface area contributed by atoms with Crippen LogP contribution in [0.15, 0.2) is 6.07 Å². The van der Waals surface area contributed by atoms with Gasteiger partial charge in [-0.15, -0.1) is 0 Å². The zero-order chi connectivity index (χ0) is 13.9. The topological polar surface area (TPSA) is 41.9 Å². The molecule has 2 N–H and O–H groups in total. The highest BCUT2D eigenvalue weighted by Gasteiger charge is 2.33. The molecule has 1 saturated heterocycles. The summed E-state index contributed by atoms with van der Waals surface area (Å²) >= 11 is 0. The molecule has 1 fully saturated rings.